The highest BCUT2D eigenvalue weighted by atomic mass is 19.1. The molecule has 1 aliphatic carbocycles. The van der Waals surface area contributed by atoms with Crippen LogP contribution in [0.15, 0.2) is 24.3 Å². The molecule has 22 heavy (non-hydrogen) atoms. The molecule has 1 saturated carbocycles. The Hall–Kier alpha value is -1.62. The van der Waals surface area contributed by atoms with E-state index in [2.05, 4.69) is 10.1 Å². The highest BCUT2D eigenvalue weighted by Gasteiger charge is 2.37. The molecule has 0 unspecified atom stereocenters. The van der Waals surface area contributed by atoms with Gasteiger partial charge in [0.1, 0.15) is 12.4 Å². The summed E-state index contributed by atoms with van der Waals surface area (Å²) in [5.41, 5.74) is -0.273. The molecule has 0 aromatic heterocycles. The number of aryl methyl sites for hydroxylation is 1. The zero-order valence-electron chi connectivity index (χ0n) is 13.1. The molecule has 4 nitrogen and oxygen atoms in total. The van der Waals surface area contributed by atoms with Crippen LogP contribution in [0, 0.1) is 0 Å². The van der Waals surface area contributed by atoms with Gasteiger partial charge in [-0.1, -0.05) is 31.4 Å². The number of carbonyl (C=O) groups excluding carboxylic acids is 1. The molecule has 3 rings (SSSR count). The fraction of sp³-hybridized carbons (Fsp3) is 0.588. The molecule has 122 valence electrons. The smallest absolute Gasteiger partial charge is 0.305 e. The summed E-state index contributed by atoms with van der Waals surface area (Å²) in [6.07, 6.45) is 5.42. The van der Waals surface area contributed by atoms with Crippen LogP contribution in [0.1, 0.15) is 31.2 Å². The number of hydrogen-bond donors (Lipinski definition) is 1. The van der Waals surface area contributed by atoms with Crippen LogP contribution < -0.4 is 10.1 Å². The number of alkyl halides is 1. The van der Waals surface area contributed by atoms with Crippen molar-refractivity contribution in [3.05, 3.63) is 29.8 Å². The predicted octanol–water partition coefficient (Wildman–Crippen LogP) is 2.65. The van der Waals surface area contributed by atoms with Crippen molar-refractivity contribution >= 4 is 5.97 Å². The largest absolute Gasteiger partial charge is 0.490 e. The van der Waals surface area contributed by atoms with E-state index in [1.54, 1.807) is 6.07 Å². The topological polar surface area (TPSA) is 47.6 Å². The molecule has 1 aromatic carbocycles. The maximum atomic E-state index is 13.7. The number of benzene rings is 1. The standard InChI is InChI=1S/C14H18FNO3.C3H6/c1-18-13(17)6-5-11-3-2-4-12(7-11)19-10-14(15)8-16-9-14;1-2-3-1/h2-4,7,16H,5-6,8-10H2,1H3;1-3H2. The fourth-order valence-corrected chi connectivity index (χ4v) is 1.85. The van der Waals surface area contributed by atoms with E-state index in [4.69, 9.17) is 4.74 Å². The van der Waals surface area contributed by atoms with E-state index in [0.29, 0.717) is 31.7 Å². The molecule has 0 bridgehead atoms. The van der Waals surface area contributed by atoms with Crippen LogP contribution in [-0.4, -0.2) is 38.4 Å². The third kappa shape index (κ3) is 6.02. The van der Waals surface area contributed by atoms with Crippen LogP contribution in [0.5, 0.6) is 5.75 Å². The van der Waals surface area contributed by atoms with E-state index in [9.17, 15) is 9.18 Å². The number of esters is 1. The highest BCUT2D eigenvalue weighted by Crippen LogP contribution is 2.20. The zero-order chi connectivity index (χ0) is 15.8. The van der Waals surface area contributed by atoms with Crippen LogP contribution in [0.2, 0.25) is 0 Å². The second-order valence-electron chi connectivity index (χ2n) is 5.83. The number of nitrogens with one attached hydrogen (secondary N) is 1. The number of rotatable bonds is 6. The third-order valence-corrected chi connectivity index (χ3v) is 3.48. The van der Waals surface area contributed by atoms with Gasteiger partial charge in [-0.05, 0) is 24.1 Å². The van der Waals surface area contributed by atoms with Gasteiger partial charge >= 0.3 is 5.97 Å². The maximum absolute atomic E-state index is 13.7. The van der Waals surface area contributed by atoms with E-state index in [0.717, 1.165) is 5.56 Å². The van der Waals surface area contributed by atoms with Gasteiger partial charge in [-0.2, -0.15) is 0 Å². The van der Waals surface area contributed by atoms with Crippen LogP contribution in [0.25, 0.3) is 0 Å². The Morgan fingerprint density at radius 2 is 2.05 bits per heavy atom. The summed E-state index contributed by atoms with van der Waals surface area (Å²) >= 11 is 0. The zero-order valence-corrected chi connectivity index (χ0v) is 13.1. The van der Waals surface area contributed by atoms with E-state index in [1.165, 1.54) is 26.4 Å². The third-order valence-electron chi connectivity index (χ3n) is 3.48. The predicted molar refractivity (Wildman–Crippen MR) is 82.8 cm³/mol. The average molecular weight is 309 g/mol. The lowest BCUT2D eigenvalue weighted by Gasteiger charge is -2.34. The molecule has 0 amide bonds. The van der Waals surface area contributed by atoms with Crippen molar-refractivity contribution in [1.29, 1.82) is 0 Å². The van der Waals surface area contributed by atoms with Gasteiger partial charge in [-0.3, -0.25) is 4.79 Å². The summed E-state index contributed by atoms with van der Waals surface area (Å²) in [7, 11) is 1.37. The van der Waals surface area contributed by atoms with Gasteiger partial charge in [0.2, 0.25) is 0 Å². The van der Waals surface area contributed by atoms with Crippen molar-refractivity contribution in [2.24, 2.45) is 0 Å². The first-order chi connectivity index (χ1) is 10.6. The quantitative estimate of drug-likeness (QED) is 0.821. The SMILES string of the molecule is C1CC1.COC(=O)CCc1cccc(OCC2(F)CNC2)c1. The molecule has 1 heterocycles. The van der Waals surface area contributed by atoms with Gasteiger partial charge in [0.05, 0.1) is 7.11 Å². The Morgan fingerprint density at radius 1 is 1.32 bits per heavy atom. The van der Waals surface area contributed by atoms with Crippen molar-refractivity contribution < 1.29 is 18.7 Å². The van der Waals surface area contributed by atoms with Gasteiger partial charge in [0.15, 0.2) is 5.67 Å². The second kappa shape index (κ2) is 8.13. The minimum Gasteiger partial charge on any atom is -0.490 e. The molecule has 5 heteroatoms. The average Bonchev–Trinajstić information content (AvgIpc) is 3.38. The molecular formula is C17H24FNO3. The van der Waals surface area contributed by atoms with Gasteiger partial charge in [-0.25, -0.2) is 4.39 Å². The minimum atomic E-state index is -1.25. The molecular weight excluding hydrogens is 285 g/mol. The molecule has 1 aromatic rings. The first-order valence-electron chi connectivity index (χ1n) is 7.79. The lowest BCUT2D eigenvalue weighted by atomic mass is 10.0. The fourth-order valence-electron chi connectivity index (χ4n) is 1.85. The molecule has 2 aliphatic rings. The summed E-state index contributed by atoms with van der Waals surface area (Å²) in [5, 5.41) is 2.88. The number of methoxy groups -OCH3 is 1. The number of hydrogen-bond acceptors (Lipinski definition) is 4. The molecule has 1 aliphatic heterocycles. The van der Waals surface area contributed by atoms with E-state index in [1.807, 2.05) is 18.2 Å². The van der Waals surface area contributed by atoms with Gasteiger partial charge in [0, 0.05) is 19.5 Å². The minimum absolute atomic E-state index is 0.0560. The van der Waals surface area contributed by atoms with E-state index in [-0.39, 0.29) is 12.6 Å². The van der Waals surface area contributed by atoms with Crippen molar-refractivity contribution in [1.82, 2.24) is 5.32 Å². The second-order valence-corrected chi connectivity index (χ2v) is 5.83. The van der Waals surface area contributed by atoms with Crippen LogP contribution in [0.3, 0.4) is 0 Å². The Morgan fingerprint density at radius 3 is 2.59 bits per heavy atom. The Bertz CT molecular complexity index is 484. The number of carbonyl (C=O) groups is 1. The van der Waals surface area contributed by atoms with Crippen molar-refractivity contribution in [2.45, 2.75) is 37.8 Å². The van der Waals surface area contributed by atoms with Crippen molar-refractivity contribution in [3.63, 3.8) is 0 Å². The maximum Gasteiger partial charge on any atom is 0.305 e. The molecule has 2 fully saturated rings. The van der Waals surface area contributed by atoms with Crippen molar-refractivity contribution in [2.75, 3.05) is 26.8 Å². The van der Waals surface area contributed by atoms with Crippen LogP contribution in [0.4, 0.5) is 4.39 Å². The summed E-state index contributed by atoms with van der Waals surface area (Å²) in [6, 6.07) is 7.37. The molecule has 1 N–H and O–H groups in total. The molecule has 0 radical (unpaired) electrons. The van der Waals surface area contributed by atoms with E-state index >= 15 is 0 Å². The highest BCUT2D eigenvalue weighted by molar-refractivity contribution is 5.69. The molecule has 1 saturated heterocycles. The Balaban J connectivity index is 0.000000523. The van der Waals surface area contributed by atoms with Gasteiger partial charge < -0.3 is 14.8 Å². The van der Waals surface area contributed by atoms with Gasteiger partial charge in [-0.15, -0.1) is 0 Å². The molecule has 0 spiro atoms. The van der Waals surface area contributed by atoms with Gasteiger partial charge in [0.25, 0.3) is 0 Å². The first kappa shape index (κ1) is 16.7. The molecule has 0 atom stereocenters. The van der Waals surface area contributed by atoms with Crippen LogP contribution in [-0.2, 0) is 16.0 Å². The summed E-state index contributed by atoms with van der Waals surface area (Å²) in [6.45, 7) is 0.741. The lowest BCUT2D eigenvalue weighted by Crippen LogP contribution is -2.59. The first-order valence-corrected chi connectivity index (χ1v) is 7.79. The number of halogens is 1. The number of ether oxygens (including phenoxy) is 2. The summed E-state index contributed by atoms with van der Waals surface area (Å²) in [4.78, 5) is 11.1. The normalized spacial score (nSPS) is 17.5. The van der Waals surface area contributed by atoms with Crippen molar-refractivity contribution in [3.8, 4) is 5.75 Å². The summed E-state index contributed by atoms with van der Waals surface area (Å²) in [5.74, 6) is 0.390. The van der Waals surface area contributed by atoms with Crippen LogP contribution >= 0.6 is 0 Å². The lowest BCUT2D eigenvalue weighted by molar-refractivity contribution is -0.140. The van der Waals surface area contributed by atoms with E-state index < -0.39 is 5.67 Å². The monoisotopic (exact) mass is 309 g/mol. The Kier molecular flexibility index (Phi) is 6.19. The summed E-state index contributed by atoms with van der Waals surface area (Å²) < 4.78 is 23.8. The Labute approximate surface area is 131 Å².